The van der Waals surface area contributed by atoms with Crippen LogP contribution in [0.1, 0.15) is 66.2 Å². The molecule has 3 unspecified atom stereocenters. The zero-order valence-corrected chi connectivity index (χ0v) is 10.9. The smallest absolute Gasteiger partial charge is 0.113 e. The Morgan fingerprint density at radius 2 is 1.73 bits per heavy atom. The van der Waals surface area contributed by atoms with E-state index in [2.05, 4.69) is 27.7 Å². The SMILES string of the molecule is [B]C(O)(CCC)CCC(C)CC(C)CC. The normalized spacial score (nSPS) is 19.5. The maximum Gasteiger partial charge on any atom is 0.113 e. The largest absolute Gasteiger partial charge is 0.400 e. The first-order valence-corrected chi connectivity index (χ1v) is 6.42. The van der Waals surface area contributed by atoms with Crippen molar-refractivity contribution in [3.8, 4) is 0 Å². The Kier molecular flexibility index (Phi) is 7.34. The molecule has 0 saturated carbocycles. The molecule has 0 saturated heterocycles. The fourth-order valence-electron chi connectivity index (χ4n) is 2.03. The van der Waals surface area contributed by atoms with E-state index >= 15 is 0 Å². The molecule has 2 radical (unpaired) electrons. The van der Waals surface area contributed by atoms with Crippen LogP contribution in [0.4, 0.5) is 0 Å². The van der Waals surface area contributed by atoms with E-state index in [0.717, 1.165) is 25.2 Å². The lowest BCUT2D eigenvalue weighted by atomic mass is 9.73. The van der Waals surface area contributed by atoms with E-state index in [9.17, 15) is 5.11 Å². The van der Waals surface area contributed by atoms with E-state index in [0.29, 0.717) is 12.3 Å². The molecule has 88 valence electrons. The van der Waals surface area contributed by atoms with Gasteiger partial charge in [-0.15, -0.1) is 0 Å². The first-order chi connectivity index (χ1) is 6.91. The summed E-state index contributed by atoms with van der Waals surface area (Å²) in [5.74, 6) is 1.46. The predicted molar refractivity (Wildman–Crippen MR) is 68.1 cm³/mol. The van der Waals surface area contributed by atoms with Gasteiger partial charge < -0.3 is 5.11 Å². The fourth-order valence-corrected chi connectivity index (χ4v) is 2.03. The summed E-state index contributed by atoms with van der Waals surface area (Å²) >= 11 is 0. The van der Waals surface area contributed by atoms with Crippen LogP contribution < -0.4 is 0 Å². The highest BCUT2D eigenvalue weighted by Gasteiger charge is 2.19. The quantitative estimate of drug-likeness (QED) is 0.608. The lowest BCUT2D eigenvalue weighted by molar-refractivity contribution is 0.0983. The van der Waals surface area contributed by atoms with Crippen LogP contribution in [0.3, 0.4) is 0 Å². The van der Waals surface area contributed by atoms with Crippen molar-refractivity contribution in [3.63, 3.8) is 0 Å². The second-order valence-electron chi connectivity index (χ2n) is 5.25. The zero-order valence-electron chi connectivity index (χ0n) is 10.9. The third kappa shape index (κ3) is 7.90. The van der Waals surface area contributed by atoms with Gasteiger partial charge in [0.1, 0.15) is 7.85 Å². The lowest BCUT2D eigenvalue weighted by Gasteiger charge is -2.25. The second-order valence-corrected chi connectivity index (χ2v) is 5.25. The average Bonchev–Trinajstić information content (AvgIpc) is 2.15. The molecule has 2 heteroatoms. The molecule has 1 nitrogen and oxygen atoms in total. The molecule has 0 aromatic heterocycles. The van der Waals surface area contributed by atoms with Crippen LogP contribution in [0.5, 0.6) is 0 Å². The molecule has 0 spiro atoms. The molecule has 0 aliphatic heterocycles. The summed E-state index contributed by atoms with van der Waals surface area (Å²) in [5, 5.41) is 9.83. The van der Waals surface area contributed by atoms with E-state index in [1.54, 1.807) is 0 Å². The molecule has 0 aliphatic rings. The standard InChI is InChI=1S/C13H27BO/c1-5-8-13(14,15)9-7-12(4)10-11(3)6-2/h11-12,15H,5-10H2,1-4H3. The Labute approximate surface area is 97.1 Å². The highest BCUT2D eigenvalue weighted by molar-refractivity contribution is 6.14. The molecule has 0 heterocycles. The summed E-state index contributed by atoms with van der Waals surface area (Å²) in [6, 6.07) is 0. The van der Waals surface area contributed by atoms with Gasteiger partial charge >= 0.3 is 0 Å². The van der Waals surface area contributed by atoms with Gasteiger partial charge in [0.2, 0.25) is 0 Å². The summed E-state index contributed by atoms with van der Waals surface area (Å²) < 4.78 is 0. The minimum absolute atomic E-state index is 0.673. The van der Waals surface area contributed by atoms with Crippen LogP contribution in [0.2, 0.25) is 0 Å². The van der Waals surface area contributed by atoms with Gasteiger partial charge in [0.25, 0.3) is 0 Å². The molecule has 0 fully saturated rings. The summed E-state index contributed by atoms with van der Waals surface area (Å²) in [7, 11) is 5.79. The van der Waals surface area contributed by atoms with Gasteiger partial charge in [0.05, 0.1) is 0 Å². The first kappa shape index (κ1) is 15.0. The molecule has 15 heavy (non-hydrogen) atoms. The third-order valence-corrected chi connectivity index (χ3v) is 3.25. The Balaban J connectivity index is 3.74. The first-order valence-electron chi connectivity index (χ1n) is 6.42. The molecule has 0 amide bonds. The highest BCUT2D eigenvalue weighted by atomic mass is 16.3. The molecule has 0 bridgehead atoms. The van der Waals surface area contributed by atoms with E-state index < -0.39 is 5.50 Å². The monoisotopic (exact) mass is 210 g/mol. The number of hydrogen-bond donors (Lipinski definition) is 1. The molecular formula is C13H27BO. The molecule has 3 atom stereocenters. The van der Waals surface area contributed by atoms with Crippen molar-refractivity contribution >= 4 is 7.85 Å². The van der Waals surface area contributed by atoms with Crippen LogP contribution in [0.25, 0.3) is 0 Å². The summed E-state index contributed by atoms with van der Waals surface area (Å²) in [5.41, 5.74) is -0.932. The second kappa shape index (κ2) is 7.32. The molecule has 1 N–H and O–H groups in total. The Hall–Kier alpha value is 0.0249. The lowest BCUT2D eigenvalue weighted by Crippen LogP contribution is -2.29. The van der Waals surface area contributed by atoms with Gasteiger partial charge in [-0.3, -0.25) is 0 Å². The maximum atomic E-state index is 9.83. The van der Waals surface area contributed by atoms with Crippen molar-refractivity contribution < 1.29 is 5.11 Å². The van der Waals surface area contributed by atoms with Crippen molar-refractivity contribution in [2.45, 2.75) is 71.7 Å². The molecular weight excluding hydrogens is 183 g/mol. The summed E-state index contributed by atoms with van der Waals surface area (Å²) in [6.45, 7) is 8.83. The van der Waals surface area contributed by atoms with Gasteiger partial charge in [-0.1, -0.05) is 40.5 Å². The molecule has 0 aliphatic carbocycles. The minimum atomic E-state index is -0.932. The molecule has 0 aromatic rings. The number of aliphatic hydroxyl groups is 1. The van der Waals surface area contributed by atoms with Gasteiger partial charge in [0, 0.05) is 5.50 Å². The van der Waals surface area contributed by atoms with E-state index in [-0.39, 0.29) is 0 Å². The third-order valence-electron chi connectivity index (χ3n) is 3.25. The van der Waals surface area contributed by atoms with Gasteiger partial charge in [-0.05, 0) is 37.5 Å². The Morgan fingerprint density at radius 3 is 2.20 bits per heavy atom. The van der Waals surface area contributed by atoms with Crippen LogP contribution in [0.15, 0.2) is 0 Å². The van der Waals surface area contributed by atoms with Crippen molar-refractivity contribution in [2.24, 2.45) is 11.8 Å². The Bertz CT molecular complexity index is 157. The summed E-state index contributed by atoms with van der Waals surface area (Å²) in [6.07, 6.45) is 5.93. The van der Waals surface area contributed by atoms with Crippen molar-refractivity contribution in [3.05, 3.63) is 0 Å². The predicted octanol–water partition coefficient (Wildman–Crippen LogP) is 3.50. The summed E-state index contributed by atoms with van der Waals surface area (Å²) in [4.78, 5) is 0. The molecule has 0 rings (SSSR count). The number of hydrogen-bond acceptors (Lipinski definition) is 1. The zero-order chi connectivity index (χ0) is 11.9. The van der Waals surface area contributed by atoms with Gasteiger partial charge in [-0.25, -0.2) is 0 Å². The fraction of sp³-hybridized carbons (Fsp3) is 1.00. The topological polar surface area (TPSA) is 20.2 Å². The van der Waals surface area contributed by atoms with Crippen LogP contribution in [-0.2, 0) is 0 Å². The van der Waals surface area contributed by atoms with E-state index in [1.807, 2.05) is 0 Å². The minimum Gasteiger partial charge on any atom is -0.400 e. The maximum absolute atomic E-state index is 9.83. The van der Waals surface area contributed by atoms with Gasteiger partial charge in [0.15, 0.2) is 0 Å². The van der Waals surface area contributed by atoms with Crippen molar-refractivity contribution in [2.75, 3.05) is 0 Å². The van der Waals surface area contributed by atoms with Crippen molar-refractivity contribution in [1.82, 2.24) is 0 Å². The van der Waals surface area contributed by atoms with Crippen molar-refractivity contribution in [1.29, 1.82) is 0 Å². The van der Waals surface area contributed by atoms with Crippen LogP contribution >= 0.6 is 0 Å². The van der Waals surface area contributed by atoms with Crippen LogP contribution in [-0.4, -0.2) is 18.5 Å². The van der Waals surface area contributed by atoms with Gasteiger partial charge in [-0.2, -0.15) is 0 Å². The van der Waals surface area contributed by atoms with E-state index in [4.69, 9.17) is 7.85 Å². The molecule has 0 aromatic carbocycles. The highest BCUT2D eigenvalue weighted by Crippen LogP contribution is 2.23. The average molecular weight is 210 g/mol. The van der Waals surface area contributed by atoms with E-state index in [1.165, 1.54) is 12.8 Å². The van der Waals surface area contributed by atoms with Crippen LogP contribution in [0, 0.1) is 11.8 Å². The Morgan fingerprint density at radius 1 is 1.13 bits per heavy atom. The number of rotatable bonds is 8.